The summed E-state index contributed by atoms with van der Waals surface area (Å²) in [4.78, 5) is 15.4. The number of amides is 1. The molecule has 0 saturated carbocycles. The fourth-order valence-corrected chi connectivity index (χ4v) is 1.69. The second-order valence-corrected chi connectivity index (χ2v) is 4.76. The zero-order valence-corrected chi connectivity index (χ0v) is 11.7. The molecule has 1 aromatic heterocycles. The number of aromatic nitrogens is 1. The molecule has 1 atom stereocenters. The lowest BCUT2D eigenvalue weighted by atomic mass is 10.1. The third-order valence-electron chi connectivity index (χ3n) is 2.85. The van der Waals surface area contributed by atoms with E-state index in [0.29, 0.717) is 13.1 Å². The SMILES string of the molecule is CCC(NCCNC(=O)C(C)C)c1ccc(F)cn1. The molecular weight excluding hydrogens is 245 g/mol. The van der Waals surface area contributed by atoms with Gasteiger partial charge in [-0.15, -0.1) is 0 Å². The second-order valence-electron chi connectivity index (χ2n) is 4.76. The lowest BCUT2D eigenvalue weighted by molar-refractivity contribution is -0.123. The molecule has 4 nitrogen and oxygen atoms in total. The van der Waals surface area contributed by atoms with Crippen molar-refractivity contribution in [2.24, 2.45) is 5.92 Å². The van der Waals surface area contributed by atoms with Crippen molar-refractivity contribution in [2.45, 2.75) is 33.2 Å². The molecule has 0 aliphatic rings. The fourth-order valence-electron chi connectivity index (χ4n) is 1.69. The molecule has 1 rings (SSSR count). The lowest BCUT2D eigenvalue weighted by Gasteiger charge is -2.17. The summed E-state index contributed by atoms with van der Waals surface area (Å²) in [6, 6.07) is 3.17. The van der Waals surface area contributed by atoms with Crippen LogP contribution in [0.1, 0.15) is 38.9 Å². The van der Waals surface area contributed by atoms with E-state index in [-0.39, 0.29) is 23.7 Å². The average Bonchev–Trinajstić information content (AvgIpc) is 2.40. The Bertz CT molecular complexity index is 392. The van der Waals surface area contributed by atoms with Gasteiger partial charge in [-0.1, -0.05) is 20.8 Å². The topological polar surface area (TPSA) is 54.0 Å². The Morgan fingerprint density at radius 1 is 1.37 bits per heavy atom. The van der Waals surface area contributed by atoms with Crippen molar-refractivity contribution in [3.63, 3.8) is 0 Å². The van der Waals surface area contributed by atoms with Gasteiger partial charge in [-0.3, -0.25) is 9.78 Å². The second kappa shape index (κ2) is 7.84. The van der Waals surface area contributed by atoms with Gasteiger partial charge in [0.1, 0.15) is 5.82 Å². The minimum atomic E-state index is -0.331. The van der Waals surface area contributed by atoms with Crippen molar-refractivity contribution in [2.75, 3.05) is 13.1 Å². The predicted octanol–water partition coefficient (Wildman–Crippen LogP) is 2.03. The zero-order valence-electron chi connectivity index (χ0n) is 11.7. The molecule has 0 saturated heterocycles. The number of nitrogens with zero attached hydrogens (tertiary/aromatic N) is 1. The monoisotopic (exact) mass is 267 g/mol. The highest BCUT2D eigenvalue weighted by molar-refractivity contribution is 5.77. The summed E-state index contributed by atoms with van der Waals surface area (Å²) < 4.78 is 12.8. The summed E-state index contributed by atoms with van der Waals surface area (Å²) >= 11 is 0. The molecule has 0 bridgehead atoms. The van der Waals surface area contributed by atoms with Crippen molar-refractivity contribution in [1.29, 1.82) is 0 Å². The Labute approximate surface area is 113 Å². The summed E-state index contributed by atoms with van der Waals surface area (Å²) in [6.45, 7) is 7.00. The first kappa shape index (κ1) is 15.6. The Kier molecular flexibility index (Phi) is 6.42. The summed E-state index contributed by atoms with van der Waals surface area (Å²) in [5.74, 6) is -0.279. The van der Waals surface area contributed by atoms with Crippen molar-refractivity contribution >= 4 is 5.91 Å². The number of hydrogen-bond acceptors (Lipinski definition) is 3. The maximum absolute atomic E-state index is 12.8. The van der Waals surface area contributed by atoms with Gasteiger partial charge < -0.3 is 10.6 Å². The van der Waals surface area contributed by atoms with Crippen molar-refractivity contribution in [3.05, 3.63) is 29.8 Å². The highest BCUT2D eigenvalue weighted by atomic mass is 19.1. The first-order valence-electron chi connectivity index (χ1n) is 6.67. The van der Waals surface area contributed by atoms with Gasteiger partial charge in [-0.2, -0.15) is 0 Å². The highest BCUT2D eigenvalue weighted by Gasteiger charge is 2.10. The van der Waals surface area contributed by atoms with Crippen LogP contribution in [0, 0.1) is 11.7 Å². The first-order valence-corrected chi connectivity index (χ1v) is 6.67. The molecule has 0 aromatic carbocycles. The summed E-state index contributed by atoms with van der Waals surface area (Å²) in [7, 11) is 0. The predicted molar refractivity (Wildman–Crippen MR) is 73.1 cm³/mol. The van der Waals surface area contributed by atoms with Crippen molar-refractivity contribution in [1.82, 2.24) is 15.6 Å². The Morgan fingerprint density at radius 2 is 2.11 bits per heavy atom. The molecule has 0 aliphatic carbocycles. The standard InChI is InChI=1S/C14H22FN3O/c1-4-12(13-6-5-11(15)9-18-13)16-7-8-17-14(19)10(2)3/h5-6,9-10,12,16H,4,7-8H2,1-3H3,(H,17,19). The van der Waals surface area contributed by atoms with Crippen LogP contribution in [0.25, 0.3) is 0 Å². The molecule has 5 heteroatoms. The fraction of sp³-hybridized carbons (Fsp3) is 0.571. The van der Waals surface area contributed by atoms with Crippen LogP contribution in [-0.4, -0.2) is 24.0 Å². The minimum absolute atomic E-state index is 0.000683. The van der Waals surface area contributed by atoms with Gasteiger partial charge in [0.25, 0.3) is 0 Å². The molecule has 1 aromatic rings. The molecule has 1 unspecified atom stereocenters. The zero-order chi connectivity index (χ0) is 14.3. The lowest BCUT2D eigenvalue weighted by Crippen LogP contribution is -2.35. The van der Waals surface area contributed by atoms with E-state index >= 15 is 0 Å². The maximum Gasteiger partial charge on any atom is 0.222 e. The Balaban J connectivity index is 2.37. The van der Waals surface area contributed by atoms with E-state index in [0.717, 1.165) is 12.1 Å². The maximum atomic E-state index is 12.8. The summed E-state index contributed by atoms with van der Waals surface area (Å²) in [6.07, 6.45) is 2.08. The number of rotatable bonds is 7. The third kappa shape index (κ3) is 5.34. The van der Waals surface area contributed by atoms with Gasteiger partial charge >= 0.3 is 0 Å². The summed E-state index contributed by atoms with van der Waals surface area (Å²) in [5.41, 5.74) is 0.819. The van der Waals surface area contributed by atoms with E-state index in [1.54, 1.807) is 6.07 Å². The van der Waals surface area contributed by atoms with E-state index in [1.807, 2.05) is 20.8 Å². The van der Waals surface area contributed by atoms with Gasteiger partial charge in [0, 0.05) is 25.0 Å². The quantitative estimate of drug-likeness (QED) is 0.743. The molecule has 0 radical (unpaired) electrons. The number of hydrogen-bond donors (Lipinski definition) is 2. The average molecular weight is 267 g/mol. The van der Waals surface area contributed by atoms with E-state index in [9.17, 15) is 9.18 Å². The number of carbonyl (C=O) groups is 1. The smallest absolute Gasteiger partial charge is 0.222 e. The molecule has 19 heavy (non-hydrogen) atoms. The number of carbonyl (C=O) groups excluding carboxylic acids is 1. The number of pyridine rings is 1. The largest absolute Gasteiger partial charge is 0.355 e. The molecular formula is C14H22FN3O. The van der Waals surface area contributed by atoms with Gasteiger partial charge in [0.15, 0.2) is 0 Å². The van der Waals surface area contributed by atoms with Gasteiger partial charge in [-0.25, -0.2) is 4.39 Å². The third-order valence-corrected chi connectivity index (χ3v) is 2.85. The number of nitrogens with one attached hydrogen (secondary N) is 2. The van der Waals surface area contributed by atoms with Crippen LogP contribution in [0.15, 0.2) is 18.3 Å². The molecule has 0 aliphatic heterocycles. The van der Waals surface area contributed by atoms with Crippen LogP contribution >= 0.6 is 0 Å². The van der Waals surface area contributed by atoms with Crippen LogP contribution in [0.3, 0.4) is 0 Å². The normalized spacial score (nSPS) is 12.5. The van der Waals surface area contributed by atoms with E-state index in [4.69, 9.17) is 0 Å². The van der Waals surface area contributed by atoms with E-state index in [2.05, 4.69) is 15.6 Å². The number of halogens is 1. The van der Waals surface area contributed by atoms with E-state index in [1.165, 1.54) is 12.3 Å². The van der Waals surface area contributed by atoms with Crippen LogP contribution in [0.4, 0.5) is 4.39 Å². The van der Waals surface area contributed by atoms with Crippen LogP contribution in [-0.2, 0) is 4.79 Å². The van der Waals surface area contributed by atoms with Gasteiger partial charge in [0.2, 0.25) is 5.91 Å². The molecule has 2 N–H and O–H groups in total. The minimum Gasteiger partial charge on any atom is -0.355 e. The summed E-state index contributed by atoms with van der Waals surface area (Å²) in [5, 5.41) is 6.14. The van der Waals surface area contributed by atoms with Gasteiger partial charge in [0.05, 0.1) is 11.9 Å². The Morgan fingerprint density at radius 3 is 2.63 bits per heavy atom. The van der Waals surface area contributed by atoms with Crippen LogP contribution in [0.5, 0.6) is 0 Å². The van der Waals surface area contributed by atoms with Crippen LogP contribution in [0.2, 0.25) is 0 Å². The Hall–Kier alpha value is -1.49. The van der Waals surface area contributed by atoms with Crippen LogP contribution < -0.4 is 10.6 Å². The first-order chi connectivity index (χ1) is 9.04. The molecule has 0 spiro atoms. The van der Waals surface area contributed by atoms with Gasteiger partial charge in [-0.05, 0) is 18.6 Å². The van der Waals surface area contributed by atoms with Crippen molar-refractivity contribution in [3.8, 4) is 0 Å². The molecule has 1 heterocycles. The highest BCUT2D eigenvalue weighted by Crippen LogP contribution is 2.13. The van der Waals surface area contributed by atoms with E-state index < -0.39 is 0 Å². The molecule has 1 amide bonds. The molecule has 106 valence electrons. The molecule has 0 fully saturated rings. The van der Waals surface area contributed by atoms with Crippen molar-refractivity contribution < 1.29 is 9.18 Å².